The molecule has 15 heavy (non-hydrogen) atoms. The van der Waals surface area contributed by atoms with Gasteiger partial charge in [-0.05, 0) is 5.56 Å². The van der Waals surface area contributed by atoms with E-state index in [1.807, 2.05) is 36.4 Å². The molecule has 0 radical (unpaired) electrons. The lowest BCUT2D eigenvalue weighted by Gasteiger charge is -2.19. The van der Waals surface area contributed by atoms with Crippen LogP contribution in [0.2, 0.25) is 0 Å². The summed E-state index contributed by atoms with van der Waals surface area (Å²) in [7, 11) is 0. The lowest BCUT2D eigenvalue weighted by molar-refractivity contribution is 0.617. The quantitative estimate of drug-likeness (QED) is 0.803. The first-order valence-corrected chi connectivity index (χ1v) is 4.42. The molecule has 0 aliphatic heterocycles. The minimum Gasteiger partial charge on any atom is -0.329 e. The van der Waals surface area contributed by atoms with Gasteiger partial charge >= 0.3 is 0 Å². The predicted molar refractivity (Wildman–Crippen MR) is 70.9 cm³/mol. The molecule has 0 spiro atoms. The van der Waals surface area contributed by atoms with Gasteiger partial charge in [-0.1, -0.05) is 36.4 Å². The molecule has 2 nitrogen and oxygen atoms in total. The highest BCUT2D eigenvalue weighted by Gasteiger charge is 2.13. The topological polar surface area (TPSA) is 52.0 Å². The minimum absolute atomic E-state index is 0. The molecule has 0 amide bonds. The van der Waals surface area contributed by atoms with Crippen molar-refractivity contribution in [2.24, 2.45) is 11.5 Å². The number of hydrogen-bond acceptors (Lipinski definition) is 2. The van der Waals surface area contributed by atoms with Crippen LogP contribution in [0.25, 0.3) is 0 Å². The van der Waals surface area contributed by atoms with E-state index >= 15 is 0 Å². The van der Waals surface area contributed by atoms with E-state index in [2.05, 4.69) is 6.58 Å². The van der Waals surface area contributed by atoms with Gasteiger partial charge in [-0.25, -0.2) is 0 Å². The molecule has 0 aromatic heterocycles. The highest BCUT2D eigenvalue weighted by Crippen LogP contribution is 2.18. The zero-order chi connectivity index (χ0) is 9.68. The zero-order valence-corrected chi connectivity index (χ0v) is 10.1. The maximum absolute atomic E-state index is 5.86. The van der Waals surface area contributed by atoms with Gasteiger partial charge in [-0.3, -0.25) is 0 Å². The van der Waals surface area contributed by atoms with E-state index in [0.717, 1.165) is 0 Å². The second-order valence-electron chi connectivity index (χ2n) is 3.07. The lowest BCUT2D eigenvalue weighted by Crippen LogP contribution is -2.35. The summed E-state index contributed by atoms with van der Waals surface area (Å²) in [5.74, 6) is 0.159. The number of halogens is 2. The molecule has 0 heterocycles. The standard InChI is InChI=1S/C11H16N2.2ClH/c1-2-10(11(13)8-12)9-6-4-3-5-7-9;;/h2-7,10-11H,1,8,12-13H2;2*1H. The number of hydrogen-bond donors (Lipinski definition) is 2. The first-order chi connectivity index (χ1) is 6.29. The SMILES string of the molecule is C=CC(c1ccccc1)C(N)CN.Cl.Cl. The Bertz CT molecular complexity index is 265. The maximum atomic E-state index is 5.86. The van der Waals surface area contributed by atoms with Crippen LogP contribution in [0.1, 0.15) is 11.5 Å². The summed E-state index contributed by atoms with van der Waals surface area (Å²) < 4.78 is 0. The van der Waals surface area contributed by atoms with Gasteiger partial charge in [0, 0.05) is 18.5 Å². The van der Waals surface area contributed by atoms with Crippen LogP contribution < -0.4 is 11.5 Å². The van der Waals surface area contributed by atoms with Crippen LogP contribution in [0.3, 0.4) is 0 Å². The number of benzene rings is 1. The summed E-state index contributed by atoms with van der Waals surface area (Å²) in [6, 6.07) is 10.0. The molecule has 0 aliphatic carbocycles. The Morgan fingerprint density at radius 2 is 1.73 bits per heavy atom. The van der Waals surface area contributed by atoms with Crippen LogP contribution in [0.15, 0.2) is 43.0 Å². The van der Waals surface area contributed by atoms with Crippen LogP contribution >= 0.6 is 24.8 Å². The van der Waals surface area contributed by atoms with Gasteiger partial charge in [0.25, 0.3) is 0 Å². The summed E-state index contributed by atoms with van der Waals surface area (Å²) in [5.41, 5.74) is 12.6. The van der Waals surface area contributed by atoms with Gasteiger partial charge in [0.05, 0.1) is 0 Å². The van der Waals surface area contributed by atoms with Gasteiger partial charge in [0.1, 0.15) is 0 Å². The van der Waals surface area contributed by atoms with E-state index in [-0.39, 0.29) is 36.8 Å². The van der Waals surface area contributed by atoms with Crippen molar-refractivity contribution in [2.45, 2.75) is 12.0 Å². The van der Waals surface area contributed by atoms with Crippen molar-refractivity contribution < 1.29 is 0 Å². The van der Waals surface area contributed by atoms with Gasteiger partial charge in [0.15, 0.2) is 0 Å². The van der Waals surface area contributed by atoms with Crippen LogP contribution in [-0.2, 0) is 0 Å². The summed E-state index contributed by atoms with van der Waals surface area (Å²) in [6.07, 6.45) is 1.85. The van der Waals surface area contributed by atoms with E-state index in [9.17, 15) is 0 Å². The van der Waals surface area contributed by atoms with Gasteiger partial charge in [-0.15, -0.1) is 31.4 Å². The van der Waals surface area contributed by atoms with Gasteiger partial charge < -0.3 is 11.5 Å². The fourth-order valence-electron chi connectivity index (χ4n) is 1.38. The van der Waals surface area contributed by atoms with Crippen LogP contribution in [0.4, 0.5) is 0 Å². The third kappa shape index (κ3) is 4.67. The van der Waals surface area contributed by atoms with Gasteiger partial charge in [-0.2, -0.15) is 0 Å². The molecule has 0 fully saturated rings. The van der Waals surface area contributed by atoms with Crippen LogP contribution in [0.5, 0.6) is 0 Å². The molecule has 86 valence electrons. The minimum atomic E-state index is -0.0418. The van der Waals surface area contributed by atoms with Crippen LogP contribution in [0, 0.1) is 0 Å². The molecule has 0 saturated carbocycles. The molecule has 0 bridgehead atoms. The average molecular weight is 249 g/mol. The van der Waals surface area contributed by atoms with Crippen molar-refractivity contribution in [1.82, 2.24) is 0 Å². The molecule has 4 heteroatoms. The second-order valence-corrected chi connectivity index (χ2v) is 3.07. The number of nitrogens with two attached hydrogens (primary N) is 2. The Labute approximate surface area is 104 Å². The highest BCUT2D eigenvalue weighted by molar-refractivity contribution is 5.85. The molecular formula is C11H18Cl2N2. The zero-order valence-electron chi connectivity index (χ0n) is 8.50. The van der Waals surface area contributed by atoms with Crippen molar-refractivity contribution in [3.8, 4) is 0 Å². The largest absolute Gasteiger partial charge is 0.329 e. The molecule has 4 N–H and O–H groups in total. The highest BCUT2D eigenvalue weighted by atomic mass is 35.5. The smallest absolute Gasteiger partial charge is 0.0267 e. The van der Waals surface area contributed by atoms with E-state index in [1.54, 1.807) is 0 Å². The molecule has 1 rings (SSSR count). The van der Waals surface area contributed by atoms with Crippen molar-refractivity contribution in [3.63, 3.8) is 0 Å². The molecule has 2 unspecified atom stereocenters. The van der Waals surface area contributed by atoms with Crippen molar-refractivity contribution in [2.75, 3.05) is 6.54 Å². The summed E-state index contributed by atoms with van der Waals surface area (Å²) in [5, 5.41) is 0. The Morgan fingerprint density at radius 1 is 1.20 bits per heavy atom. The van der Waals surface area contributed by atoms with Crippen molar-refractivity contribution in [1.29, 1.82) is 0 Å². The molecule has 1 aromatic rings. The predicted octanol–water partition coefficient (Wildman–Crippen LogP) is 2.09. The summed E-state index contributed by atoms with van der Waals surface area (Å²) in [6.45, 7) is 4.25. The fourth-order valence-corrected chi connectivity index (χ4v) is 1.38. The molecule has 0 aliphatic rings. The Morgan fingerprint density at radius 3 is 2.13 bits per heavy atom. The van der Waals surface area contributed by atoms with E-state index in [4.69, 9.17) is 11.5 Å². The molecule has 2 atom stereocenters. The molecule has 1 aromatic carbocycles. The Kier molecular flexibility index (Phi) is 9.84. The maximum Gasteiger partial charge on any atom is 0.0267 e. The third-order valence-electron chi connectivity index (χ3n) is 2.17. The van der Waals surface area contributed by atoms with Crippen molar-refractivity contribution >= 4 is 24.8 Å². The van der Waals surface area contributed by atoms with E-state index in [1.165, 1.54) is 5.56 Å². The molecular weight excluding hydrogens is 231 g/mol. The fraction of sp³-hybridized carbons (Fsp3) is 0.273. The monoisotopic (exact) mass is 248 g/mol. The first-order valence-electron chi connectivity index (χ1n) is 4.42. The number of rotatable bonds is 4. The Hall–Kier alpha value is -0.540. The second kappa shape index (κ2) is 8.74. The van der Waals surface area contributed by atoms with Gasteiger partial charge in [0.2, 0.25) is 0 Å². The first kappa shape index (κ1) is 16.9. The average Bonchev–Trinajstić information content (AvgIpc) is 2.20. The molecule has 0 saturated heterocycles. The Balaban J connectivity index is 0. The van der Waals surface area contributed by atoms with Crippen molar-refractivity contribution in [3.05, 3.63) is 48.6 Å². The van der Waals surface area contributed by atoms with E-state index in [0.29, 0.717) is 6.54 Å². The lowest BCUT2D eigenvalue weighted by atomic mass is 9.92. The third-order valence-corrected chi connectivity index (χ3v) is 2.17. The summed E-state index contributed by atoms with van der Waals surface area (Å²) in [4.78, 5) is 0. The van der Waals surface area contributed by atoms with E-state index < -0.39 is 0 Å². The van der Waals surface area contributed by atoms with Crippen LogP contribution in [-0.4, -0.2) is 12.6 Å². The normalized spacial score (nSPS) is 12.9. The summed E-state index contributed by atoms with van der Waals surface area (Å²) >= 11 is 0.